The average Bonchev–Trinajstić information content (AvgIpc) is 2.47. The highest BCUT2D eigenvalue weighted by Gasteiger charge is 2.05. The normalized spacial score (nSPS) is 10.5. The van der Waals surface area contributed by atoms with Crippen LogP contribution in [0.25, 0.3) is 0 Å². The summed E-state index contributed by atoms with van der Waals surface area (Å²) in [7, 11) is 1.44. The molecule has 0 fully saturated rings. The first-order valence-electron chi connectivity index (χ1n) is 6.43. The molecule has 0 saturated heterocycles. The molecule has 1 N–H and O–H groups in total. The maximum atomic E-state index is 11.9. The van der Waals surface area contributed by atoms with Crippen molar-refractivity contribution in [1.82, 2.24) is 4.57 Å². The van der Waals surface area contributed by atoms with Gasteiger partial charge in [0.05, 0.1) is 22.3 Å². The minimum atomic E-state index is -0.290. The Morgan fingerprint density at radius 1 is 1.23 bits per heavy atom. The molecule has 0 bridgehead atoms. The summed E-state index contributed by atoms with van der Waals surface area (Å²) in [6.07, 6.45) is 1.57. The lowest BCUT2D eigenvalue weighted by molar-refractivity contribution is -0.119. The molecule has 2 aromatic rings. The number of pyridine rings is 1. The Kier molecular flexibility index (Phi) is 5.60. The van der Waals surface area contributed by atoms with Gasteiger partial charge in [0.2, 0.25) is 5.91 Å². The molecule has 0 aliphatic rings. The van der Waals surface area contributed by atoms with E-state index < -0.39 is 0 Å². The van der Waals surface area contributed by atoms with Gasteiger partial charge in [-0.3, -0.25) is 9.59 Å². The maximum Gasteiger partial charge on any atom is 0.250 e. The Labute approximate surface area is 137 Å². The minimum Gasteiger partial charge on any atom is -0.375 e. The maximum absolute atomic E-state index is 11.9. The summed E-state index contributed by atoms with van der Waals surface area (Å²) in [4.78, 5) is 23.4. The minimum absolute atomic E-state index is 0.0497. The Bertz CT molecular complexity index is 744. The molecule has 2 rings (SSSR count). The third-order valence-electron chi connectivity index (χ3n) is 2.88. The number of methoxy groups -OCH3 is 1. The van der Waals surface area contributed by atoms with Crippen LogP contribution in [0.2, 0.25) is 10.0 Å². The van der Waals surface area contributed by atoms with E-state index in [1.54, 1.807) is 30.5 Å². The average molecular weight is 341 g/mol. The predicted molar refractivity (Wildman–Crippen MR) is 86.8 cm³/mol. The highest BCUT2D eigenvalue weighted by atomic mass is 35.5. The Hall–Kier alpha value is -1.82. The quantitative estimate of drug-likeness (QED) is 0.910. The second-order valence-corrected chi connectivity index (χ2v) is 5.43. The molecule has 0 unspecified atom stereocenters. The van der Waals surface area contributed by atoms with E-state index in [2.05, 4.69) is 5.32 Å². The van der Waals surface area contributed by atoms with Gasteiger partial charge in [0, 0.05) is 19.4 Å². The summed E-state index contributed by atoms with van der Waals surface area (Å²) in [6, 6.07) is 8.10. The van der Waals surface area contributed by atoms with Crippen LogP contribution >= 0.6 is 23.2 Å². The molecule has 0 atom stereocenters. The smallest absolute Gasteiger partial charge is 0.250 e. The molecule has 0 aliphatic carbocycles. The molecule has 0 radical (unpaired) electrons. The van der Waals surface area contributed by atoms with Gasteiger partial charge in [0.25, 0.3) is 5.56 Å². The summed E-state index contributed by atoms with van der Waals surface area (Å²) in [5, 5.41) is 3.53. The zero-order valence-electron chi connectivity index (χ0n) is 11.8. The summed E-state index contributed by atoms with van der Waals surface area (Å²) < 4.78 is 6.22. The number of nitrogens with zero attached hydrogens (tertiary/aromatic N) is 1. The predicted octanol–water partition coefficient (Wildman–Crippen LogP) is 2.79. The zero-order valence-corrected chi connectivity index (χ0v) is 13.3. The fourth-order valence-electron chi connectivity index (χ4n) is 1.89. The third-order valence-corrected chi connectivity index (χ3v) is 3.62. The molecule has 1 aromatic carbocycles. The number of ether oxygens (including phenoxy) is 1. The number of carbonyl (C=O) groups excluding carboxylic acids is 1. The first-order chi connectivity index (χ1) is 10.5. The van der Waals surface area contributed by atoms with Crippen molar-refractivity contribution in [1.29, 1.82) is 0 Å². The SMILES string of the molecule is COCC(=O)Nc1ccc(=O)n(Cc2ccc(Cl)c(Cl)c2)c1. The van der Waals surface area contributed by atoms with Crippen molar-refractivity contribution >= 4 is 34.8 Å². The van der Waals surface area contributed by atoms with Crippen LogP contribution in [0.4, 0.5) is 5.69 Å². The van der Waals surface area contributed by atoms with Crippen molar-refractivity contribution < 1.29 is 9.53 Å². The van der Waals surface area contributed by atoms with Crippen LogP contribution in [0, 0.1) is 0 Å². The molecule has 0 saturated carbocycles. The van der Waals surface area contributed by atoms with Crippen LogP contribution in [-0.4, -0.2) is 24.2 Å². The fraction of sp³-hybridized carbons (Fsp3) is 0.200. The molecule has 0 aliphatic heterocycles. The monoisotopic (exact) mass is 340 g/mol. The lowest BCUT2D eigenvalue weighted by Gasteiger charge is -2.10. The first-order valence-corrected chi connectivity index (χ1v) is 7.18. The molecule has 0 spiro atoms. The molecular formula is C15H14Cl2N2O3. The van der Waals surface area contributed by atoms with E-state index in [9.17, 15) is 9.59 Å². The van der Waals surface area contributed by atoms with Crippen LogP contribution in [0.3, 0.4) is 0 Å². The van der Waals surface area contributed by atoms with Gasteiger partial charge in [-0.2, -0.15) is 0 Å². The van der Waals surface area contributed by atoms with Crippen molar-refractivity contribution in [2.45, 2.75) is 6.54 Å². The van der Waals surface area contributed by atoms with E-state index in [1.165, 1.54) is 17.7 Å². The topological polar surface area (TPSA) is 60.3 Å². The number of rotatable bonds is 5. The lowest BCUT2D eigenvalue weighted by Crippen LogP contribution is -2.22. The van der Waals surface area contributed by atoms with Crippen LogP contribution in [0.5, 0.6) is 0 Å². The van der Waals surface area contributed by atoms with Gasteiger partial charge in [-0.05, 0) is 23.8 Å². The van der Waals surface area contributed by atoms with Gasteiger partial charge < -0.3 is 14.6 Å². The van der Waals surface area contributed by atoms with Gasteiger partial charge in [-0.15, -0.1) is 0 Å². The van der Waals surface area contributed by atoms with Crippen LogP contribution < -0.4 is 10.9 Å². The van der Waals surface area contributed by atoms with Crippen LogP contribution in [0.15, 0.2) is 41.3 Å². The number of nitrogens with one attached hydrogen (secondary N) is 1. The van der Waals surface area contributed by atoms with E-state index in [0.717, 1.165) is 5.56 Å². The van der Waals surface area contributed by atoms with E-state index in [1.807, 2.05) is 0 Å². The number of aromatic nitrogens is 1. The number of carbonyl (C=O) groups is 1. The molecule has 22 heavy (non-hydrogen) atoms. The highest BCUT2D eigenvalue weighted by molar-refractivity contribution is 6.42. The summed E-state index contributed by atoms with van der Waals surface area (Å²) >= 11 is 11.8. The highest BCUT2D eigenvalue weighted by Crippen LogP contribution is 2.22. The molecule has 7 heteroatoms. The number of amides is 1. The summed E-state index contributed by atoms with van der Waals surface area (Å²) in [6.45, 7) is 0.273. The molecule has 1 aromatic heterocycles. The second kappa shape index (κ2) is 7.45. The molecule has 1 heterocycles. The van der Waals surface area contributed by atoms with E-state index in [0.29, 0.717) is 22.3 Å². The molecule has 5 nitrogen and oxygen atoms in total. The Morgan fingerprint density at radius 2 is 2.00 bits per heavy atom. The largest absolute Gasteiger partial charge is 0.375 e. The standard InChI is InChI=1S/C15H14Cl2N2O3/c1-22-9-14(20)18-11-3-5-15(21)19(8-11)7-10-2-4-12(16)13(17)6-10/h2-6,8H,7,9H2,1H3,(H,18,20). The molecule has 116 valence electrons. The molecule has 1 amide bonds. The first kappa shape index (κ1) is 16.5. The van der Waals surface area contributed by atoms with Crippen molar-refractivity contribution in [3.8, 4) is 0 Å². The Morgan fingerprint density at radius 3 is 2.68 bits per heavy atom. The van der Waals surface area contributed by atoms with E-state index >= 15 is 0 Å². The van der Waals surface area contributed by atoms with Gasteiger partial charge in [-0.1, -0.05) is 29.3 Å². The lowest BCUT2D eigenvalue weighted by atomic mass is 10.2. The third kappa shape index (κ3) is 4.34. The van der Waals surface area contributed by atoms with Crippen molar-refractivity contribution in [3.05, 3.63) is 62.5 Å². The zero-order chi connectivity index (χ0) is 16.1. The van der Waals surface area contributed by atoms with Crippen LogP contribution in [-0.2, 0) is 16.1 Å². The number of anilines is 1. The van der Waals surface area contributed by atoms with Crippen molar-refractivity contribution in [2.24, 2.45) is 0 Å². The molecular weight excluding hydrogens is 327 g/mol. The van der Waals surface area contributed by atoms with Gasteiger partial charge in [0.15, 0.2) is 0 Å². The number of hydrogen-bond donors (Lipinski definition) is 1. The van der Waals surface area contributed by atoms with Crippen molar-refractivity contribution in [3.63, 3.8) is 0 Å². The van der Waals surface area contributed by atoms with E-state index in [4.69, 9.17) is 27.9 Å². The number of hydrogen-bond acceptors (Lipinski definition) is 3. The summed E-state index contributed by atoms with van der Waals surface area (Å²) in [5.41, 5.74) is 1.16. The fourth-order valence-corrected chi connectivity index (χ4v) is 2.21. The van der Waals surface area contributed by atoms with E-state index in [-0.39, 0.29) is 18.1 Å². The van der Waals surface area contributed by atoms with Crippen molar-refractivity contribution in [2.75, 3.05) is 19.0 Å². The van der Waals surface area contributed by atoms with Gasteiger partial charge >= 0.3 is 0 Å². The van der Waals surface area contributed by atoms with Gasteiger partial charge in [-0.25, -0.2) is 0 Å². The summed E-state index contributed by atoms with van der Waals surface area (Å²) in [5.74, 6) is -0.290. The number of benzene rings is 1. The van der Waals surface area contributed by atoms with Crippen LogP contribution in [0.1, 0.15) is 5.56 Å². The van der Waals surface area contributed by atoms with Gasteiger partial charge in [0.1, 0.15) is 6.61 Å². The number of halogens is 2. The Balaban J connectivity index is 2.21. The second-order valence-electron chi connectivity index (χ2n) is 4.61.